The Labute approximate surface area is 201 Å². The zero-order chi connectivity index (χ0) is 23.3. The molecule has 0 saturated heterocycles. The Morgan fingerprint density at radius 3 is 2.74 bits per heavy atom. The maximum absolute atomic E-state index is 12.4. The first-order valence-corrected chi connectivity index (χ1v) is 11.1. The summed E-state index contributed by atoms with van der Waals surface area (Å²) in [5.74, 6) is 2.21. The number of oxazole rings is 1. The van der Waals surface area contributed by atoms with Gasteiger partial charge in [-0.1, -0.05) is 35.9 Å². The SMILES string of the molecule is O=C(NCc1ccco1)c1coc(CN(Cc2ccc3c(c2)OCO3)Cc2ccccc2Cl)n1. The van der Waals surface area contributed by atoms with E-state index in [9.17, 15) is 4.79 Å². The summed E-state index contributed by atoms with van der Waals surface area (Å²) in [6, 6.07) is 17.1. The zero-order valence-electron chi connectivity index (χ0n) is 18.2. The van der Waals surface area contributed by atoms with Crippen molar-refractivity contribution in [3.05, 3.63) is 101 Å². The molecule has 1 amide bonds. The molecular formula is C25H22ClN3O5. The van der Waals surface area contributed by atoms with Gasteiger partial charge in [0.15, 0.2) is 17.2 Å². The highest BCUT2D eigenvalue weighted by atomic mass is 35.5. The number of benzene rings is 2. The Balaban J connectivity index is 1.30. The Hall–Kier alpha value is -3.75. The Morgan fingerprint density at radius 1 is 1.00 bits per heavy atom. The van der Waals surface area contributed by atoms with Crippen molar-refractivity contribution in [1.29, 1.82) is 0 Å². The number of halogens is 1. The molecule has 174 valence electrons. The maximum Gasteiger partial charge on any atom is 0.273 e. The van der Waals surface area contributed by atoms with Crippen LogP contribution in [0.5, 0.6) is 11.5 Å². The normalized spacial score (nSPS) is 12.3. The second-order valence-electron chi connectivity index (χ2n) is 7.81. The van der Waals surface area contributed by atoms with E-state index < -0.39 is 0 Å². The number of hydrogen-bond acceptors (Lipinski definition) is 7. The monoisotopic (exact) mass is 479 g/mol. The van der Waals surface area contributed by atoms with Crippen LogP contribution < -0.4 is 14.8 Å². The van der Waals surface area contributed by atoms with Crippen LogP contribution in [0.1, 0.15) is 33.3 Å². The Bertz CT molecular complexity index is 1270. The van der Waals surface area contributed by atoms with Gasteiger partial charge in [-0.25, -0.2) is 4.98 Å². The fourth-order valence-corrected chi connectivity index (χ4v) is 3.88. The predicted molar refractivity (Wildman–Crippen MR) is 123 cm³/mol. The molecular weight excluding hydrogens is 458 g/mol. The van der Waals surface area contributed by atoms with E-state index in [-0.39, 0.29) is 24.9 Å². The van der Waals surface area contributed by atoms with Crippen molar-refractivity contribution >= 4 is 17.5 Å². The summed E-state index contributed by atoms with van der Waals surface area (Å²) in [6.45, 7) is 2.03. The molecule has 8 nitrogen and oxygen atoms in total. The van der Waals surface area contributed by atoms with Gasteiger partial charge in [0.2, 0.25) is 12.7 Å². The van der Waals surface area contributed by atoms with Crippen molar-refractivity contribution in [3.8, 4) is 11.5 Å². The molecule has 3 heterocycles. The predicted octanol–water partition coefficient (Wildman–Crippen LogP) is 4.78. The van der Waals surface area contributed by atoms with Gasteiger partial charge < -0.3 is 23.6 Å². The van der Waals surface area contributed by atoms with Crippen molar-refractivity contribution in [2.24, 2.45) is 0 Å². The van der Waals surface area contributed by atoms with Crippen LogP contribution in [0.4, 0.5) is 0 Å². The first-order valence-electron chi connectivity index (χ1n) is 10.7. The van der Waals surface area contributed by atoms with Gasteiger partial charge in [0.05, 0.1) is 19.4 Å². The molecule has 4 aromatic rings. The van der Waals surface area contributed by atoms with Gasteiger partial charge in [0, 0.05) is 18.1 Å². The number of amides is 1. The topological polar surface area (TPSA) is 90.0 Å². The van der Waals surface area contributed by atoms with Crippen molar-refractivity contribution < 1.29 is 23.1 Å². The van der Waals surface area contributed by atoms with Crippen LogP contribution in [-0.2, 0) is 26.2 Å². The molecule has 0 bridgehead atoms. The maximum atomic E-state index is 12.4. The second kappa shape index (κ2) is 10.0. The van der Waals surface area contributed by atoms with E-state index in [1.807, 2.05) is 42.5 Å². The fraction of sp³-hybridized carbons (Fsp3) is 0.200. The van der Waals surface area contributed by atoms with Crippen molar-refractivity contribution in [2.75, 3.05) is 6.79 Å². The smallest absolute Gasteiger partial charge is 0.273 e. The number of ether oxygens (including phenoxy) is 2. The fourth-order valence-electron chi connectivity index (χ4n) is 3.68. The summed E-state index contributed by atoms with van der Waals surface area (Å²) in [5.41, 5.74) is 2.23. The van der Waals surface area contributed by atoms with Crippen LogP contribution in [-0.4, -0.2) is 22.6 Å². The molecule has 1 aliphatic rings. The average Bonchev–Trinajstić information content (AvgIpc) is 3.61. The lowest BCUT2D eigenvalue weighted by Gasteiger charge is -2.21. The molecule has 0 aliphatic carbocycles. The molecule has 1 N–H and O–H groups in total. The minimum atomic E-state index is -0.333. The standard InChI is InChI=1S/C25H22ClN3O5/c26-20-6-2-1-4-18(20)13-29(12-17-7-8-22-23(10-17)34-16-33-22)14-24-28-21(15-32-24)25(30)27-11-19-5-3-9-31-19/h1-10,15H,11-14,16H2,(H,27,30). The highest BCUT2D eigenvalue weighted by molar-refractivity contribution is 6.31. The number of fused-ring (bicyclic) bond motifs is 1. The van der Waals surface area contributed by atoms with Gasteiger partial charge in [-0.3, -0.25) is 9.69 Å². The van der Waals surface area contributed by atoms with Crippen LogP contribution in [0.25, 0.3) is 0 Å². The lowest BCUT2D eigenvalue weighted by Crippen LogP contribution is -2.24. The lowest BCUT2D eigenvalue weighted by atomic mass is 10.1. The van der Waals surface area contributed by atoms with Crippen LogP contribution >= 0.6 is 11.6 Å². The molecule has 0 unspecified atom stereocenters. The molecule has 0 spiro atoms. The molecule has 2 aromatic carbocycles. The minimum absolute atomic E-state index is 0.210. The van der Waals surface area contributed by atoms with Gasteiger partial charge in [0.1, 0.15) is 12.0 Å². The molecule has 0 radical (unpaired) electrons. The molecule has 0 atom stereocenters. The molecule has 34 heavy (non-hydrogen) atoms. The molecule has 9 heteroatoms. The number of nitrogens with zero attached hydrogens (tertiary/aromatic N) is 2. The van der Waals surface area contributed by atoms with Gasteiger partial charge in [-0.15, -0.1) is 0 Å². The van der Waals surface area contributed by atoms with Crippen molar-refractivity contribution in [1.82, 2.24) is 15.2 Å². The highest BCUT2D eigenvalue weighted by Crippen LogP contribution is 2.33. The van der Waals surface area contributed by atoms with E-state index in [1.54, 1.807) is 18.4 Å². The van der Waals surface area contributed by atoms with E-state index in [0.717, 1.165) is 22.6 Å². The summed E-state index contributed by atoms with van der Waals surface area (Å²) in [7, 11) is 0. The third kappa shape index (κ3) is 5.24. The third-order valence-electron chi connectivity index (χ3n) is 5.34. The van der Waals surface area contributed by atoms with Crippen LogP contribution in [0, 0.1) is 0 Å². The Morgan fingerprint density at radius 2 is 1.88 bits per heavy atom. The van der Waals surface area contributed by atoms with Crippen molar-refractivity contribution in [3.63, 3.8) is 0 Å². The number of nitrogens with one attached hydrogen (secondary N) is 1. The second-order valence-corrected chi connectivity index (χ2v) is 8.22. The number of furan rings is 1. The van der Waals surface area contributed by atoms with Crippen LogP contribution in [0.15, 0.2) is 76.0 Å². The highest BCUT2D eigenvalue weighted by Gasteiger charge is 2.19. The number of rotatable bonds is 9. The first-order chi connectivity index (χ1) is 16.6. The summed E-state index contributed by atoms with van der Waals surface area (Å²) in [6.07, 6.45) is 2.92. The van der Waals surface area contributed by atoms with Crippen LogP contribution in [0.3, 0.4) is 0 Å². The molecule has 2 aromatic heterocycles. The molecule has 5 rings (SSSR count). The largest absolute Gasteiger partial charge is 0.467 e. The number of carbonyl (C=O) groups is 1. The molecule has 0 saturated carbocycles. The number of carbonyl (C=O) groups excluding carboxylic acids is 1. The number of hydrogen-bond donors (Lipinski definition) is 1. The van der Waals surface area contributed by atoms with Crippen molar-refractivity contribution in [2.45, 2.75) is 26.2 Å². The first kappa shape index (κ1) is 22.1. The lowest BCUT2D eigenvalue weighted by molar-refractivity contribution is 0.0943. The van der Waals surface area contributed by atoms with Gasteiger partial charge >= 0.3 is 0 Å². The van der Waals surface area contributed by atoms with E-state index in [1.165, 1.54) is 6.26 Å². The summed E-state index contributed by atoms with van der Waals surface area (Å²) >= 11 is 6.41. The number of aromatic nitrogens is 1. The van der Waals surface area contributed by atoms with Gasteiger partial charge in [-0.05, 0) is 41.5 Å². The van der Waals surface area contributed by atoms with E-state index in [0.29, 0.717) is 36.3 Å². The Kier molecular flexibility index (Phi) is 6.51. The van der Waals surface area contributed by atoms with E-state index in [2.05, 4.69) is 15.2 Å². The molecule has 0 fully saturated rings. The average molecular weight is 480 g/mol. The summed E-state index contributed by atoms with van der Waals surface area (Å²) < 4.78 is 21.8. The van der Waals surface area contributed by atoms with E-state index in [4.69, 9.17) is 29.9 Å². The van der Waals surface area contributed by atoms with Crippen LogP contribution in [0.2, 0.25) is 5.02 Å². The summed E-state index contributed by atoms with van der Waals surface area (Å²) in [4.78, 5) is 19.0. The summed E-state index contributed by atoms with van der Waals surface area (Å²) in [5, 5.41) is 3.45. The third-order valence-corrected chi connectivity index (χ3v) is 5.71. The minimum Gasteiger partial charge on any atom is -0.467 e. The zero-order valence-corrected chi connectivity index (χ0v) is 19.0. The van der Waals surface area contributed by atoms with E-state index >= 15 is 0 Å². The van der Waals surface area contributed by atoms with Gasteiger partial charge in [0.25, 0.3) is 5.91 Å². The quantitative estimate of drug-likeness (QED) is 0.369. The molecule has 1 aliphatic heterocycles. The van der Waals surface area contributed by atoms with Gasteiger partial charge in [-0.2, -0.15) is 0 Å².